The van der Waals surface area contributed by atoms with Crippen LogP contribution in [0.1, 0.15) is 24.5 Å². The zero-order valence-corrected chi connectivity index (χ0v) is 16.5. The maximum Gasteiger partial charge on any atom is 0.277 e. The largest absolute Gasteiger partial charge is 0.382 e. The van der Waals surface area contributed by atoms with Crippen LogP contribution in [-0.4, -0.2) is 79.5 Å². The predicted octanol–water partition coefficient (Wildman–Crippen LogP) is 1.75. The lowest BCUT2D eigenvalue weighted by atomic mass is 10.0. The number of carbonyl (C=O) groups is 2. The smallest absolute Gasteiger partial charge is 0.277 e. The summed E-state index contributed by atoms with van der Waals surface area (Å²) in [5.41, 5.74) is 3.06. The highest BCUT2D eigenvalue weighted by molar-refractivity contribution is 6.35. The SMILES string of the molecule is CCOCCCN1C(=O)C(c2ccc(C)cc2)=C(N2CCN(C)CC2)C1=O. The Morgan fingerprint density at radius 1 is 1.00 bits per heavy atom. The van der Waals surface area contributed by atoms with E-state index in [2.05, 4.69) is 16.8 Å². The number of ether oxygens (including phenoxy) is 1. The van der Waals surface area contributed by atoms with Crippen LogP contribution < -0.4 is 0 Å². The van der Waals surface area contributed by atoms with Crippen molar-refractivity contribution in [3.05, 3.63) is 41.1 Å². The third kappa shape index (κ3) is 4.22. The Hall–Kier alpha value is -2.18. The number of hydrogen-bond acceptors (Lipinski definition) is 5. The van der Waals surface area contributed by atoms with Crippen LogP contribution in [0.25, 0.3) is 5.57 Å². The maximum absolute atomic E-state index is 13.2. The Kier molecular flexibility index (Phi) is 6.29. The molecule has 1 fully saturated rings. The van der Waals surface area contributed by atoms with Gasteiger partial charge < -0.3 is 14.5 Å². The molecular weight excluding hydrogens is 342 g/mol. The molecule has 0 unspecified atom stereocenters. The number of aryl methyl sites for hydroxylation is 1. The average Bonchev–Trinajstić information content (AvgIpc) is 2.91. The van der Waals surface area contributed by atoms with Crippen molar-refractivity contribution in [2.45, 2.75) is 20.3 Å². The van der Waals surface area contributed by atoms with Crippen LogP contribution in [0.3, 0.4) is 0 Å². The number of amides is 2. The van der Waals surface area contributed by atoms with Crippen molar-refractivity contribution in [3.8, 4) is 0 Å². The summed E-state index contributed by atoms with van der Waals surface area (Å²) in [4.78, 5) is 32.0. The first kappa shape index (κ1) is 19.6. The summed E-state index contributed by atoms with van der Waals surface area (Å²) in [6.45, 7) is 8.83. The molecule has 0 bridgehead atoms. The highest BCUT2D eigenvalue weighted by atomic mass is 16.5. The lowest BCUT2D eigenvalue weighted by molar-refractivity contribution is -0.137. The molecule has 6 nitrogen and oxygen atoms in total. The number of rotatable bonds is 7. The van der Waals surface area contributed by atoms with Gasteiger partial charge in [-0.2, -0.15) is 0 Å². The quantitative estimate of drug-likeness (QED) is 0.540. The van der Waals surface area contributed by atoms with Crippen molar-refractivity contribution in [1.29, 1.82) is 0 Å². The third-order valence-corrected chi connectivity index (χ3v) is 5.18. The molecule has 0 aliphatic carbocycles. The molecule has 0 radical (unpaired) electrons. The second-order valence-electron chi connectivity index (χ2n) is 7.19. The minimum Gasteiger partial charge on any atom is -0.382 e. The highest BCUT2D eigenvalue weighted by Crippen LogP contribution is 2.32. The number of piperazine rings is 1. The Bertz CT molecular complexity index is 719. The molecule has 2 heterocycles. The first-order valence-corrected chi connectivity index (χ1v) is 9.71. The number of benzene rings is 1. The number of likely N-dealkylation sites (N-methyl/N-ethyl adjacent to an activating group) is 1. The predicted molar refractivity (Wildman–Crippen MR) is 105 cm³/mol. The van der Waals surface area contributed by atoms with Gasteiger partial charge in [-0.15, -0.1) is 0 Å². The van der Waals surface area contributed by atoms with Gasteiger partial charge in [0.25, 0.3) is 11.8 Å². The van der Waals surface area contributed by atoms with E-state index in [0.29, 0.717) is 37.4 Å². The van der Waals surface area contributed by atoms with Crippen molar-refractivity contribution in [2.75, 3.05) is 53.0 Å². The number of hydrogen-bond donors (Lipinski definition) is 0. The monoisotopic (exact) mass is 371 g/mol. The number of nitrogens with zero attached hydrogens (tertiary/aromatic N) is 3. The summed E-state index contributed by atoms with van der Waals surface area (Å²) in [5, 5.41) is 0. The molecule has 1 saturated heterocycles. The molecule has 2 amide bonds. The third-order valence-electron chi connectivity index (χ3n) is 5.18. The van der Waals surface area contributed by atoms with Crippen LogP contribution >= 0.6 is 0 Å². The average molecular weight is 371 g/mol. The lowest BCUT2D eigenvalue weighted by Gasteiger charge is -2.34. The molecule has 1 aromatic rings. The second-order valence-corrected chi connectivity index (χ2v) is 7.19. The Labute approximate surface area is 161 Å². The van der Waals surface area contributed by atoms with E-state index in [1.807, 2.05) is 38.1 Å². The summed E-state index contributed by atoms with van der Waals surface area (Å²) in [6, 6.07) is 7.85. The topological polar surface area (TPSA) is 53.1 Å². The van der Waals surface area contributed by atoms with E-state index in [9.17, 15) is 9.59 Å². The molecule has 0 atom stereocenters. The molecule has 0 spiro atoms. The first-order valence-electron chi connectivity index (χ1n) is 9.71. The molecule has 0 aromatic heterocycles. The van der Waals surface area contributed by atoms with E-state index in [0.717, 1.165) is 37.3 Å². The van der Waals surface area contributed by atoms with E-state index >= 15 is 0 Å². The molecule has 6 heteroatoms. The molecule has 0 saturated carbocycles. The second kappa shape index (κ2) is 8.67. The van der Waals surface area contributed by atoms with Crippen LogP contribution in [0.4, 0.5) is 0 Å². The molecule has 2 aliphatic heterocycles. The van der Waals surface area contributed by atoms with E-state index in [-0.39, 0.29) is 11.8 Å². The molecule has 146 valence electrons. The molecule has 2 aliphatic rings. The van der Waals surface area contributed by atoms with Gasteiger partial charge in [0.15, 0.2) is 0 Å². The minimum atomic E-state index is -0.186. The van der Waals surface area contributed by atoms with Gasteiger partial charge in [0.1, 0.15) is 5.70 Å². The number of carbonyl (C=O) groups excluding carboxylic acids is 2. The van der Waals surface area contributed by atoms with Gasteiger partial charge in [0.05, 0.1) is 5.57 Å². The molecular formula is C21H29N3O3. The number of imide groups is 1. The van der Waals surface area contributed by atoms with Gasteiger partial charge in [-0.05, 0) is 32.9 Å². The van der Waals surface area contributed by atoms with E-state index in [1.165, 1.54) is 4.90 Å². The van der Waals surface area contributed by atoms with Crippen LogP contribution in [-0.2, 0) is 14.3 Å². The highest BCUT2D eigenvalue weighted by Gasteiger charge is 2.41. The van der Waals surface area contributed by atoms with Gasteiger partial charge in [-0.3, -0.25) is 14.5 Å². The van der Waals surface area contributed by atoms with E-state index < -0.39 is 0 Å². The summed E-state index contributed by atoms with van der Waals surface area (Å²) < 4.78 is 5.36. The normalized spacial score (nSPS) is 18.8. The van der Waals surface area contributed by atoms with Crippen molar-refractivity contribution in [1.82, 2.24) is 14.7 Å². The summed E-state index contributed by atoms with van der Waals surface area (Å²) in [5.74, 6) is -0.356. The van der Waals surface area contributed by atoms with Crippen molar-refractivity contribution in [3.63, 3.8) is 0 Å². The fraction of sp³-hybridized carbons (Fsp3) is 0.524. The minimum absolute atomic E-state index is 0.170. The van der Waals surface area contributed by atoms with Crippen LogP contribution in [0, 0.1) is 6.92 Å². The van der Waals surface area contributed by atoms with Crippen LogP contribution in [0.2, 0.25) is 0 Å². The van der Waals surface area contributed by atoms with Gasteiger partial charge >= 0.3 is 0 Å². The fourth-order valence-corrected chi connectivity index (χ4v) is 3.54. The van der Waals surface area contributed by atoms with E-state index in [1.54, 1.807) is 0 Å². The summed E-state index contributed by atoms with van der Waals surface area (Å²) in [6.07, 6.45) is 0.655. The fourth-order valence-electron chi connectivity index (χ4n) is 3.54. The molecule has 27 heavy (non-hydrogen) atoms. The molecule has 3 rings (SSSR count). The van der Waals surface area contributed by atoms with Crippen molar-refractivity contribution < 1.29 is 14.3 Å². The van der Waals surface area contributed by atoms with Crippen LogP contribution in [0.5, 0.6) is 0 Å². The maximum atomic E-state index is 13.2. The van der Waals surface area contributed by atoms with E-state index in [4.69, 9.17) is 4.74 Å². The van der Waals surface area contributed by atoms with Gasteiger partial charge in [0, 0.05) is 45.9 Å². The van der Waals surface area contributed by atoms with Crippen molar-refractivity contribution >= 4 is 17.4 Å². The standard InChI is InChI=1S/C21H29N3O3/c1-4-27-15-5-10-24-20(25)18(17-8-6-16(2)7-9-17)19(21(24)26)23-13-11-22(3)12-14-23/h6-9H,4-5,10-15H2,1-3H3. The van der Waals surface area contributed by atoms with Gasteiger partial charge in [-0.25, -0.2) is 0 Å². The van der Waals surface area contributed by atoms with Gasteiger partial charge in [0.2, 0.25) is 0 Å². The Balaban J connectivity index is 1.89. The molecule has 1 aromatic carbocycles. The van der Waals surface area contributed by atoms with Crippen molar-refractivity contribution in [2.24, 2.45) is 0 Å². The molecule has 0 N–H and O–H groups in total. The first-order chi connectivity index (χ1) is 13.0. The summed E-state index contributed by atoms with van der Waals surface area (Å²) >= 11 is 0. The Morgan fingerprint density at radius 2 is 1.67 bits per heavy atom. The van der Waals surface area contributed by atoms with Crippen LogP contribution in [0.15, 0.2) is 30.0 Å². The Morgan fingerprint density at radius 3 is 2.30 bits per heavy atom. The summed E-state index contributed by atoms with van der Waals surface area (Å²) in [7, 11) is 2.08. The zero-order valence-electron chi connectivity index (χ0n) is 16.5. The lowest BCUT2D eigenvalue weighted by Crippen LogP contribution is -2.46. The zero-order chi connectivity index (χ0) is 19.4. The van der Waals surface area contributed by atoms with Gasteiger partial charge in [-0.1, -0.05) is 29.8 Å².